The summed E-state index contributed by atoms with van der Waals surface area (Å²) in [5.41, 5.74) is 3.57. The third-order valence-corrected chi connectivity index (χ3v) is 6.78. The number of benzene rings is 2. The van der Waals surface area contributed by atoms with E-state index in [0.717, 1.165) is 17.5 Å². The molecule has 0 radical (unpaired) electrons. The fourth-order valence-corrected chi connectivity index (χ4v) is 4.75. The van der Waals surface area contributed by atoms with Crippen molar-refractivity contribution in [3.8, 4) is 11.1 Å². The molecule has 1 fully saturated rings. The van der Waals surface area contributed by atoms with Crippen LogP contribution in [0.3, 0.4) is 0 Å². The Morgan fingerprint density at radius 2 is 1.61 bits per heavy atom. The summed E-state index contributed by atoms with van der Waals surface area (Å²) in [4.78, 5) is 36.5. The second kappa shape index (κ2) is 9.25. The summed E-state index contributed by atoms with van der Waals surface area (Å²) in [6.45, 7) is 3.39. The number of ether oxygens (including phenoxy) is 1. The Bertz CT molecular complexity index is 1020. The summed E-state index contributed by atoms with van der Waals surface area (Å²) >= 11 is 0. The molecule has 0 aliphatic heterocycles. The summed E-state index contributed by atoms with van der Waals surface area (Å²) < 4.78 is 5.62. The van der Waals surface area contributed by atoms with Crippen LogP contribution in [0, 0.1) is 11.3 Å². The summed E-state index contributed by atoms with van der Waals surface area (Å²) in [5, 5.41) is 14.8. The molecule has 3 N–H and O–H groups in total. The maximum Gasteiger partial charge on any atom is 0.407 e. The van der Waals surface area contributed by atoms with Gasteiger partial charge in [-0.3, -0.25) is 9.59 Å². The standard InChI is InChI=1S/C26H30N2O5/c1-26(2,24(30)31)15-27-23(29)20-12-7-13-22(20)28-25(32)33-14-21-18-10-5-3-8-16(18)17-9-4-6-11-19(17)21/h3-6,8-11,20-22H,7,12-15H2,1-2H3,(H,27,29)(H,28,32)(H,30,31). The smallest absolute Gasteiger partial charge is 0.407 e. The fraction of sp³-hybridized carbons (Fsp3) is 0.423. The van der Waals surface area contributed by atoms with Crippen molar-refractivity contribution >= 4 is 18.0 Å². The van der Waals surface area contributed by atoms with Gasteiger partial charge in [-0.2, -0.15) is 0 Å². The highest BCUT2D eigenvalue weighted by molar-refractivity contribution is 5.82. The number of aliphatic carboxylic acids is 1. The lowest BCUT2D eigenvalue weighted by molar-refractivity contribution is -0.146. The lowest BCUT2D eigenvalue weighted by atomic mass is 9.93. The van der Waals surface area contributed by atoms with Gasteiger partial charge in [-0.1, -0.05) is 55.0 Å². The van der Waals surface area contributed by atoms with Crippen LogP contribution in [-0.2, 0) is 14.3 Å². The maximum atomic E-state index is 12.7. The van der Waals surface area contributed by atoms with Crippen molar-refractivity contribution in [3.63, 3.8) is 0 Å². The molecular weight excluding hydrogens is 420 g/mol. The number of hydrogen-bond acceptors (Lipinski definition) is 4. The number of carboxylic acids is 1. The van der Waals surface area contributed by atoms with Gasteiger partial charge in [0.15, 0.2) is 0 Å². The van der Waals surface area contributed by atoms with E-state index in [9.17, 15) is 19.5 Å². The summed E-state index contributed by atoms with van der Waals surface area (Å²) in [7, 11) is 0. The second-order valence-electron chi connectivity index (χ2n) is 9.52. The zero-order chi connectivity index (χ0) is 23.6. The molecule has 2 atom stereocenters. The van der Waals surface area contributed by atoms with Crippen molar-refractivity contribution in [1.82, 2.24) is 10.6 Å². The van der Waals surface area contributed by atoms with Crippen molar-refractivity contribution in [3.05, 3.63) is 59.7 Å². The van der Waals surface area contributed by atoms with Crippen molar-refractivity contribution in [2.75, 3.05) is 13.2 Å². The minimum Gasteiger partial charge on any atom is -0.481 e. The van der Waals surface area contributed by atoms with E-state index in [1.807, 2.05) is 24.3 Å². The minimum atomic E-state index is -1.05. The average Bonchev–Trinajstić information content (AvgIpc) is 3.38. The predicted octanol–water partition coefficient (Wildman–Crippen LogP) is 3.92. The van der Waals surface area contributed by atoms with Crippen molar-refractivity contribution in [2.24, 2.45) is 11.3 Å². The zero-order valence-electron chi connectivity index (χ0n) is 19.0. The molecular formula is C26H30N2O5. The number of alkyl carbamates (subject to hydrolysis) is 1. The number of rotatable bonds is 7. The first-order valence-corrected chi connectivity index (χ1v) is 11.4. The first kappa shape index (κ1) is 22.8. The molecule has 2 aromatic rings. The van der Waals surface area contributed by atoms with Crippen LogP contribution in [-0.4, -0.2) is 42.3 Å². The Balaban J connectivity index is 1.34. The SMILES string of the molecule is CC(C)(CNC(=O)C1CCCC1NC(=O)OCC1c2ccccc2-c2ccccc21)C(=O)O. The highest BCUT2D eigenvalue weighted by Crippen LogP contribution is 2.44. The first-order chi connectivity index (χ1) is 15.8. The lowest BCUT2D eigenvalue weighted by Gasteiger charge is -2.24. The monoisotopic (exact) mass is 450 g/mol. The van der Waals surface area contributed by atoms with Gasteiger partial charge >= 0.3 is 12.1 Å². The average molecular weight is 451 g/mol. The van der Waals surface area contributed by atoms with Gasteiger partial charge in [-0.05, 0) is 48.9 Å². The summed E-state index contributed by atoms with van der Waals surface area (Å²) in [6.07, 6.45) is 1.61. The van der Waals surface area contributed by atoms with Crippen molar-refractivity contribution < 1.29 is 24.2 Å². The van der Waals surface area contributed by atoms with Gasteiger partial charge in [0, 0.05) is 18.5 Å². The number of fused-ring (bicyclic) bond motifs is 3. The Hall–Kier alpha value is -3.35. The van der Waals surface area contributed by atoms with Crippen LogP contribution in [0.25, 0.3) is 11.1 Å². The molecule has 33 heavy (non-hydrogen) atoms. The maximum absolute atomic E-state index is 12.7. The van der Waals surface area contributed by atoms with Gasteiger partial charge in [-0.15, -0.1) is 0 Å². The largest absolute Gasteiger partial charge is 0.481 e. The fourth-order valence-electron chi connectivity index (χ4n) is 4.75. The number of carbonyl (C=O) groups excluding carboxylic acids is 2. The van der Waals surface area contributed by atoms with Crippen LogP contribution >= 0.6 is 0 Å². The van der Waals surface area contributed by atoms with Crippen LogP contribution in [0.2, 0.25) is 0 Å². The number of amides is 2. The molecule has 0 heterocycles. The van der Waals surface area contributed by atoms with E-state index in [1.54, 1.807) is 13.8 Å². The third kappa shape index (κ3) is 4.72. The van der Waals surface area contributed by atoms with E-state index in [-0.39, 0.29) is 31.0 Å². The number of carbonyl (C=O) groups is 3. The van der Waals surface area contributed by atoms with Gasteiger partial charge in [0.1, 0.15) is 6.61 Å². The van der Waals surface area contributed by atoms with Crippen LogP contribution in [0.15, 0.2) is 48.5 Å². The molecule has 7 nitrogen and oxygen atoms in total. The molecule has 2 aliphatic rings. The molecule has 1 saturated carbocycles. The molecule has 2 aliphatic carbocycles. The van der Waals surface area contributed by atoms with Crippen molar-refractivity contribution in [2.45, 2.75) is 45.1 Å². The topological polar surface area (TPSA) is 105 Å². The van der Waals surface area contributed by atoms with Crippen LogP contribution in [0.1, 0.15) is 50.2 Å². The van der Waals surface area contributed by atoms with Crippen molar-refractivity contribution in [1.29, 1.82) is 0 Å². The molecule has 4 rings (SSSR count). The van der Waals surface area contributed by atoms with Crippen LogP contribution < -0.4 is 10.6 Å². The molecule has 0 aromatic heterocycles. The van der Waals surface area contributed by atoms with Gasteiger partial charge in [-0.25, -0.2) is 4.79 Å². The van der Waals surface area contributed by atoms with E-state index >= 15 is 0 Å². The number of nitrogens with one attached hydrogen (secondary N) is 2. The molecule has 0 spiro atoms. The highest BCUT2D eigenvalue weighted by Gasteiger charge is 2.36. The van der Waals surface area contributed by atoms with Crippen LogP contribution in [0.4, 0.5) is 4.79 Å². The molecule has 7 heteroatoms. The molecule has 174 valence electrons. The Kier molecular flexibility index (Phi) is 6.40. The number of carboxylic acid groups (broad SMARTS) is 1. The molecule has 2 unspecified atom stereocenters. The predicted molar refractivity (Wildman–Crippen MR) is 124 cm³/mol. The van der Waals surface area contributed by atoms with E-state index in [0.29, 0.717) is 12.8 Å². The van der Waals surface area contributed by atoms with E-state index < -0.39 is 23.4 Å². The second-order valence-corrected chi connectivity index (χ2v) is 9.52. The Morgan fingerprint density at radius 1 is 1.00 bits per heavy atom. The van der Waals surface area contributed by atoms with Gasteiger partial charge in [0.2, 0.25) is 5.91 Å². The van der Waals surface area contributed by atoms with Gasteiger partial charge in [0.05, 0.1) is 11.3 Å². The quantitative estimate of drug-likeness (QED) is 0.593. The van der Waals surface area contributed by atoms with Crippen LogP contribution in [0.5, 0.6) is 0 Å². The molecule has 2 aromatic carbocycles. The third-order valence-electron chi connectivity index (χ3n) is 6.78. The highest BCUT2D eigenvalue weighted by atomic mass is 16.5. The Labute approximate surface area is 193 Å². The molecule has 2 amide bonds. The Morgan fingerprint density at radius 3 is 2.21 bits per heavy atom. The normalized spacial score (nSPS) is 19.5. The number of hydrogen-bond donors (Lipinski definition) is 3. The van der Waals surface area contributed by atoms with Gasteiger partial charge < -0.3 is 20.5 Å². The van der Waals surface area contributed by atoms with Gasteiger partial charge in [0.25, 0.3) is 0 Å². The lowest BCUT2D eigenvalue weighted by Crippen LogP contribution is -2.47. The minimum absolute atomic E-state index is 0.0240. The van der Waals surface area contributed by atoms with E-state index in [1.165, 1.54) is 11.1 Å². The van der Waals surface area contributed by atoms with E-state index in [4.69, 9.17) is 4.74 Å². The molecule has 0 bridgehead atoms. The van der Waals surface area contributed by atoms with E-state index in [2.05, 4.69) is 34.9 Å². The first-order valence-electron chi connectivity index (χ1n) is 11.4. The zero-order valence-corrected chi connectivity index (χ0v) is 19.0. The molecule has 0 saturated heterocycles. The summed E-state index contributed by atoms with van der Waals surface area (Å²) in [6, 6.07) is 16.0. The summed E-state index contributed by atoms with van der Waals surface area (Å²) in [5.74, 6) is -1.62.